The summed E-state index contributed by atoms with van der Waals surface area (Å²) < 4.78 is 11.9. The van der Waals surface area contributed by atoms with E-state index >= 15 is 0 Å². The van der Waals surface area contributed by atoms with E-state index in [-0.39, 0.29) is 24.4 Å². The highest BCUT2D eigenvalue weighted by atomic mass is 16.5. The summed E-state index contributed by atoms with van der Waals surface area (Å²) in [4.78, 5) is 25.7. The van der Waals surface area contributed by atoms with Gasteiger partial charge in [-0.15, -0.1) is 0 Å². The average molecular weight is 295 g/mol. The van der Waals surface area contributed by atoms with Gasteiger partial charge in [-0.25, -0.2) is 0 Å². The molecule has 1 aromatic rings. The number of carbonyl (C=O) groups is 2. The summed E-state index contributed by atoms with van der Waals surface area (Å²) in [5, 5.41) is 4.27. The molecular formula is C14H21N3O4. The van der Waals surface area contributed by atoms with Crippen LogP contribution in [0.25, 0.3) is 0 Å². The molecule has 1 atom stereocenters. The Labute approximate surface area is 123 Å². The van der Waals surface area contributed by atoms with Gasteiger partial charge in [-0.2, -0.15) is 5.10 Å². The van der Waals surface area contributed by atoms with Crippen LogP contribution in [-0.2, 0) is 21.3 Å². The SMILES string of the molecule is COC(=O)CC1CN(C(=O)c2c(C)nn(C)c2C)CCO1. The lowest BCUT2D eigenvalue weighted by Gasteiger charge is -2.32. The van der Waals surface area contributed by atoms with E-state index in [1.807, 2.05) is 20.9 Å². The van der Waals surface area contributed by atoms with Crippen LogP contribution in [0.3, 0.4) is 0 Å². The number of aryl methyl sites for hydroxylation is 2. The van der Waals surface area contributed by atoms with Crippen LogP contribution in [0.2, 0.25) is 0 Å². The summed E-state index contributed by atoms with van der Waals surface area (Å²) >= 11 is 0. The monoisotopic (exact) mass is 295 g/mol. The normalized spacial score (nSPS) is 18.7. The van der Waals surface area contributed by atoms with E-state index < -0.39 is 0 Å². The van der Waals surface area contributed by atoms with Crippen molar-refractivity contribution in [1.29, 1.82) is 0 Å². The number of hydrogen-bond acceptors (Lipinski definition) is 5. The first-order chi connectivity index (χ1) is 9.93. The van der Waals surface area contributed by atoms with Crippen LogP contribution < -0.4 is 0 Å². The molecule has 1 aliphatic rings. The fourth-order valence-electron chi connectivity index (χ4n) is 2.54. The summed E-state index contributed by atoms with van der Waals surface area (Å²) in [5.41, 5.74) is 2.20. The third-order valence-corrected chi connectivity index (χ3v) is 3.77. The van der Waals surface area contributed by atoms with Crippen LogP contribution in [0, 0.1) is 13.8 Å². The highest BCUT2D eigenvalue weighted by molar-refractivity contribution is 5.96. The molecule has 0 aliphatic carbocycles. The molecule has 1 aliphatic heterocycles. The molecule has 1 fully saturated rings. The van der Waals surface area contributed by atoms with E-state index in [0.29, 0.717) is 25.3 Å². The second kappa shape index (κ2) is 6.26. The van der Waals surface area contributed by atoms with Crippen LogP contribution in [0.15, 0.2) is 0 Å². The number of hydrogen-bond donors (Lipinski definition) is 0. The second-order valence-corrected chi connectivity index (χ2v) is 5.19. The first-order valence-electron chi connectivity index (χ1n) is 6.92. The lowest BCUT2D eigenvalue weighted by atomic mass is 10.1. The average Bonchev–Trinajstić information content (AvgIpc) is 2.71. The van der Waals surface area contributed by atoms with Gasteiger partial charge in [0.05, 0.1) is 37.5 Å². The van der Waals surface area contributed by atoms with Crippen molar-refractivity contribution in [2.45, 2.75) is 26.4 Å². The summed E-state index contributed by atoms with van der Waals surface area (Å²) in [7, 11) is 3.16. The molecular weight excluding hydrogens is 274 g/mol. The van der Waals surface area contributed by atoms with Gasteiger partial charge in [0.2, 0.25) is 0 Å². The minimum atomic E-state index is -0.331. The van der Waals surface area contributed by atoms with Gasteiger partial charge in [0.15, 0.2) is 0 Å². The Morgan fingerprint density at radius 1 is 1.43 bits per heavy atom. The summed E-state index contributed by atoms with van der Waals surface area (Å²) in [6, 6.07) is 0. The van der Waals surface area contributed by atoms with Gasteiger partial charge in [-0.1, -0.05) is 0 Å². The summed E-state index contributed by atoms with van der Waals surface area (Å²) in [6.45, 7) is 5.03. The van der Waals surface area contributed by atoms with Gasteiger partial charge in [0.1, 0.15) is 0 Å². The van der Waals surface area contributed by atoms with E-state index in [4.69, 9.17) is 4.74 Å². The molecule has 1 aromatic heterocycles. The number of aromatic nitrogens is 2. The number of morpholine rings is 1. The van der Waals surface area contributed by atoms with Crippen molar-refractivity contribution in [2.24, 2.45) is 7.05 Å². The first-order valence-corrected chi connectivity index (χ1v) is 6.92. The van der Waals surface area contributed by atoms with Crippen molar-refractivity contribution in [3.05, 3.63) is 17.0 Å². The number of amides is 1. The minimum absolute atomic E-state index is 0.0590. The van der Waals surface area contributed by atoms with Gasteiger partial charge >= 0.3 is 5.97 Å². The summed E-state index contributed by atoms with van der Waals surface area (Å²) in [6.07, 6.45) is -0.155. The molecule has 7 heteroatoms. The molecule has 1 saturated heterocycles. The third-order valence-electron chi connectivity index (χ3n) is 3.77. The molecule has 1 amide bonds. The Bertz CT molecular complexity index is 553. The molecule has 7 nitrogen and oxygen atoms in total. The Morgan fingerprint density at radius 3 is 2.71 bits per heavy atom. The zero-order valence-electron chi connectivity index (χ0n) is 12.9. The number of ether oxygens (including phenoxy) is 2. The standard InChI is InChI=1S/C14H21N3O4/c1-9-13(10(2)16(3)15-9)14(19)17-5-6-21-11(8-17)7-12(18)20-4/h11H,5-8H2,1-4H3. The van der Waals surface area contributed by atoms with Crippen LogP contribution in [0.4, 0.5) is 0 Å². The van der Waals surface area contributed by atoms with Gasteiger partial charge in [-0.05, 0) is 13.8 Å². The highest BCUT2D eigenvalue weighted by Crippen LogP contribution is 2.18. The molecule has 0 saturated carbocycles. The second-order valence-electron chi connectivity index (χ2n) is 5.19. The van der Waals surface area contributed by atoms with Crippen LogP contribution in [0.1, 0.15) is 28.2 Å². The molecule has 116 valence electrons. The van der Waals surface area contributed by atoms with Crippen LogP contribution in [-0.4, -0.2) is 59.5 Å². The van der Waals surface area contributed by atoms with E-state index in [1.165, 1.54) is 7.11 Å². The van der Waals surface area contributed by atoms with Crippen molar-refractivity contribution in [1.82, 2.24) is 14.7 Å². The van der Waals surface area contributed by atoms with Crippen molar-refractivity contribution in [3.63, 3.8) is 0 Å². The van der Waals surface area contributed by atoms with E-state index in [1.54, 1.807) is 9.58 Å². The largest absolute Gasteiger partial charge is 0.469 e. The number of methoxy groups -OCH3 is 1. The molecule has 0 radical (unpaired) electrons. The van der Waals surface area contributed by atoms with Crippen molar-refractivity contribution in [3.8, 4) is 0 Å². The fourth-order valence-corrected chi connectivity index (χ4v) is 2.54. The molecule has 1 unspecified atom stereocenters. The van der Waals surface area contributed by atoms with Gasteiger partial charge < -0.3 is 14.4 Å². The Kier molecular flexibility index (Phi) is 4.62. The minimum Gasteiger partial charge on any atom is -0.469 e. The van der Waals surface area contributed by atoms with E-state index in [2.05, 4.69) is 9.84 Å². The molecule has 0 spiro atoms. The Morgan fingerprint density at radius 2 is 2.14 bits per heavy atom. The lowest BCUT2D eigenvalue weighted by Crippen LogP contribution is -2.46. The number of carbonyl (C=O) groups excluding carboxylic acids is 2. The molecule has 2 heterocycles. The van der Waals surface area contributed by atoms with E-state index in [0.717, 1.165) is 11.4 Å². The quantitative estimate of drug-likeness (QED) is 0.757. The van der Waals surface area contributed by atoms with Gasteiger partial charge in [0, 0.05) is 25.8 Å². The van der Waals surface area contributed by atoms with Crippen LogP contribution in [0.5, 0.6) is 0 Å². The zero-order valence-corrected chi connectivity index (χ0v) is 12.9. The van der Waals surface area contributed by atoms with Gasteiger partial charge in [0.25, 0.3) is 5.91 Å². The summed E-state index contributed by atoms with van der Waals surface area (Å²) in [5.74, 6) is -0.390. The Balaban J connectivity index is 2.10. The molecule has 0 bridgehead atoms. The van der Waals surface area contributed by atoms with Crippen molar-refractivity contribution in [2.75, 3.05) is 26.8 Å². The molecule has 0 N–H and O–H groups in total. The number of rotatable bonds is 3. The van der Waals surface area contributed by atoms with Crippen LogP contribution >= 0.6 is 0 Å². The fraction of sp³-hybridized carbons (Fsp3) is 0.643. The van der Waals surface area contributed by atoms with E-state index in [9.17, 15) is 9.59 Å². The lowest BCUT2D eigenvalue weighted by molar-refractivity contribution is -0.145. The van der Waals surface area contributed by atoms with Crippen molar-refractivity contribution < 1.29 is 19.1 Å². The maximum Gasteiger partial charge on any atom is 0.308 e. The number of esters is 1. The number of nitrogens with zero attached hydrogens (tertiary/aromatic N) is 3. The predicted octanol–water partition coefficient (Wildman–Crippen LogP) is 0.441. The molecule has 21 heavy (non-hydrogen) atoms. The first kappa shape index (κ1) is 15.5. The topological polar surface area (TPSA) is 73.7 Å². The zero-order chi connectivity index (χ0) is 15.6. The Hall–Kier alpha value is -1.89. The third kappa shape index (κ3) is 3.24. The predicted molar refractivity (Wildman–Crippen MR) is 75.0 cm³/mol. The molecule has 2 rings (SSSR count). The molecule has 0 aromatic carbocycles. The highest BCUT2D eigenvalue weighted by Gasteiger charge is 2.29. The maximum atomic E-state index is 12.7. The van der Waals surface area contributed by atoms with Gasteiger partial charge in [-0.3, -0.25) is 14.3 Å². The van der Waals surface area contributed by atoms with Crippen molar-refractivity contribution >= 4 is 11.9 Å². The smallest absolute Gasteiger partial charge is 0.308 e. The maximum absolute atomic E-state index is 12.7.